The lowest BCUT2D eigenvalue weighted by Gasteiger charge is -2.06. The molecule has 20 heavy (non-hydrogen) atoms. The Morgan fingerprint density at radius 3 is 2.75 bits per heavy atom. The average Bonchev–Trinajstić information content (AvgIpc) is 2.41. The summed E-state index contributed by atoms with van der Waals surface area (Å²) in [4.78, 5) is 12.7. The van der Waals surface area contributed by atoms with Gasteiger partial charge in [-0.15, -0.1) is 11.8 Å². The lowest BCUT2D eigenvalue weighted by molar-refractivity contribution is -0.115. The number of hydrogen-bond acceptors (Lipinski definition) is 3. The van der Waals surface area contributed by atoms with Gasteiger partial charge in [-0.25, -0.2) is 4.39 Å². The normalized spacial score (nSPS) is 10.2. The zero-order valence-corrected chi connectivity index (χ0v) is 11.6. The minimum Gasteiger partial charge on any atom is -0.398 e. The highest BCUT2D eigenvalue weighted by molar-refractivity contribution is 7.99. The van der Waals surface area contributed by atoms with Gasteiger partial charge in [0.2, 0.25) is 5.91 Å². The highest BCUT2D eigenvalue weighted by Gasteiger charge is 2.05. The van der Waals surface area contributed by atoms with Crippen molar-refractivity contribution in [1.82, 2.24) is 0 Å². The quantitative estimate of drug-likeness (QED) is 0.654. The first-order valence-electron chi connectivity index (χ1n) is 6.18. The maximum Gasteiger partial charge on any atom is 0.225 e. The number of thioether (sulfide) groups is 1. The summed E-state index contributed by atoms with van der Waals surface area (Å²) in [6.07, 6.45) is 0.343. The zero-order chi connectivity index (χ0) is 14.4. The van der Waals surface area contributed by atoms with Crippen molar-refractivity contribution in [3.05, 3.63) is 54.3 Å². The molecule has 0 atom stereocenters. The van der Waals surface area contributed by atoms with Gasteiger partial charge >= 0.3 is 0 Å². The van der Waals surface area contributed by atoms with Crippen LogP contribution in [0.1, 0.15) is 6.42 Å². The number of rotatable bonds is 5. The van der Waals surface area contributed by atoms with E-state index in [4.69, 9.17) is 5.73 Å². The van der Waals surface area contributed by atoms with Gasteiger partial charge in [0.1, 0.15) is 5.82 Å². The van der Waals surface area contributed by atoms with Crippen molar-refractivity contribution in [3.63, 3.8) is 0 Å². The van der Waals surface area contributed by atoms with E-state index < -0.39 is 0 Å². The molecule has 0 aliphatic heterocycles. The molecule has 5 heteroatoms. The molecule has 2 rings (SSSR count). The summed E-state index contributed by atoms with van der Waals surface area (Å²) in [5.74, 6) is 0.113. The molecule has 0 bridgehead atoms. The van der Waals surface area contributed by atoms with Gasteiger partial charge in [0.25, 0.3) is 0 Å². The Hall–Kier alpha value is -2.01. The second-order valence-corrected chi connectivity index (χ2v) is 5.33. The monoisotopic (exact) mass is 290 g/mol. The van der Waals surface area contributed by atoms with Crippen LogP contribution in [0.5, 0.6) is 0 Å². The molecule has 0 fully saturated rings. The van der Waals surface area contributed by atoms with Crippen molar-refractivity contribution in [2.75, 3.05) is 16.8 Å². The zero-order valence-electron chi connectivity index (χ0n) is 10.8. The minimum absolute atomic E-state index is 0.141. The number of amides is 1. The number of nitrogen functional groups attached to an aromatic ring is 1. The van der Waals surface area contributed by atoms with Gasteiger partial charge in [-0.2, -0.15) is 0 Å². The highest BCUT2D eigenvalue weighted by Crippen LogP contribution is 2.24. The molecule has 0 radical (unpaired) electrons. The molecule has 0 spiro atoms. The Balaban J connectivity index is 1.80. The Kier molecular flexibility index (Phi) is 5.01. The molecule has 3 N–H and O–H groups in total. The van der Waals surface area contributed by atoms with Crippen molar-refractivity contribution < 1.29 is 9.18 Å². The van der Waals surface area contributed by atoms with Crippen LogP contribution < -0.4 is 11.1 Å². The standard InChI is InChI=1S/C15H15FN2OS/c16-11-4-3-5-12(10-11)18-15(19)8-9-20-14-7-2-1-6-13(14)17/h1-7,10H,8-9,17H2,(H,18,19). The molecule has 0 aliphatic rings. The molecule has 0 saturated carbocycles. The number of carbonyl (C=O) groups excluding carboxylic acids is 1. The number of para-hydroxylation sites is 1. The Labute approximate surface area is 121 Å². The molecule has 0 unspecified atom stereocenters. The molecule has 2 aromatic carbocycles. The fourth-order valence-corrected chi connectivity index (χ4v) is 2.57. The summed E-state index contributed by atoms with van der Waals surface area (Å²) in [5.41, 5.74) is 7.00. The third kappa shape index (κ3) is 4.28. The Morgan fingerprint density at radius 2 is 2.00 bits per heavy atom. The lowest BCUT2D eigenvalue weighted by Crippen LogP contribution is -2.12. The summed E-state index contributed by atoms with van der Waals surface area (Å²) in [6.45, 7) is 0. The SMILES string of the molecule is Nc1ccccc1SCCC(=O)Nc1cccc(F)c1. The molecule has 104 valence electrons. The summed E-state index contributed by atoms with van der Waals surface area (Å²) >= 11 is 1.53. The van der Waals surface area contributed by atoms with E-state index >= 15 is 0 Å². The molecular formula is C15H15FN2OS. The van der Waals surface area contributed by atoms with Crippen LogP contribution in [0.15, 0.2) is 53.4 Å². The van der Waals surface area contributed by atoms with Crippen molar-refractivity contribution in [3.8, 4) is 0 Å². The van der Waals surface area contributed by atoms with Crippen LogP contribution in [-0.2, 0) is 4.79 Å². The van der Waals surface area contributed by atoms with Gasteiger partial charge in [0.15, 0.2) is 0 Å². The lowest BCUT2D eigenvalue weighted by atomic mass is 10.3. The van der Waals surface area contributed by atoms with Crippen molar-refractivity contribution in [2.45, 2.75) is 11.3 Å². The second kappa shape index (κ2) is 6.96. The van der Waals surface area contributed by atoms with Gasteiger partial charge in [-0.1, -0.05) is 18.2 Å². The van der Waals surface area contributed by atoms with Gasteiger partial charge < -0.3 is 11.1 Å². The van der Waals surface area contributed by atoms with Crippen LogP contribution in [0.4, 0.5) is 15.8 Å². The first-order chi connectivity index (χ1) is 9.65. The van der Waals surface area contributed by atoms with E-state index in [1.165, 1.54) is 23.9 Å². The van der Waals surface area contributed by atoms with Crippen molar-refractivity contribution in [1.29, 1.82) is 0 Å². The molecular weight excluding hydrogens is 275 g/mol. The van der Waals surface area contributed by atoms with Crippen molar-refractivity contribution >= 4 is 29.0 Å². The van der Waals surface area contributed by atoms with Gasteiger partial charge in [-0.05, 0) is 30.3 Å². The van der Waals surface area contributed by atoms with E-state index in [-0.39, 0.29) is 11.7 Å². The maximum absolute atomic E-state index is 13.0. The van der Waals surface area contributed by atoms with E-state index in [0.29, 0.717) is 23.5 Å². The van der Waals surface area contributed by atoms with Crippen LogP contribution in [0.2, 0.25) is 0 Å². The first-order valence-corrected chi connectivity index (χ1v) is 7.16. The highest BCUT2D eigenvalue weighted by atomic mass is 32.2. The Morgan fingerprint density at radius 1 is 1.20 bits per heavy atom. The summed E-state index contributed by atoms with van der Waals surface area (Å²) in [5, 5.41) is 2.66. The van der Waals surface area contributed by atoms with Crippen molar-refractivity contribution in [2.24, 2.45) is 0 Å². The number of benzene rings is 2. The minimum atomic E-state index is -0.366. The fraction of sp³-hybridized carbons (Fsp3) is 0.133. The summed E-state index contributed by atoms with van der Waals surface area (Å²) < 4.78 is 13.0. The van der Waals surface area contributed by atoms with E-state index in [2.05, 4.69) is 5.32 Å². The van der Waals surface area contributed by atoms with Gasteiger partial charge in [0.05, 0.1) is 0 Å². The molecule has 0 aliphatic carbocycles. The van der Waals surface area contributed by atoms with Crippen LogP contribution in [0.25, 0.3) is 0 Å². The van der Waals surface area contributed by atoms with Gasteiger partial charge in [-0.3, -0.25) is 4.79 Å². The van der Waals surface area contributed by atoms with Crippen LogP contribution in [-0.4, -0.2) is 11.7 Å². The number of nitrogens with two attached hydrogens (primary N) is 1. The molecule has 1 amide bonds. The first kappa shape index (κ1) is 14.4. The summed E-state index contributed by atoms with van der Waals surface area (Å²) in [6, 6.07) is 13.4. The maximum atomic E-state index is 13.0. The number of nitrogens with one attached hydrogen (secondary N) is 1. The number of halogens is 1. The van der Waals surface area contributed by atoms with E-state index in [9.17, 15) is 9.18 Å². The largest absolute Gasteiger partial charge is 0.398 e. The van der Waals surface area contributed by atoms with Crippen LogP contribution >= 0.6 is 11.8 Å². The molecule has 0 saturated heterocycles. The number of anilines is 2. The number of hydrogen-bond donors (Lipinski definition) is 2. The molecule has 2 aromatic rings. The predicted octanol–water partition coefficient (Wildman–Crippen LogP) is 3.53. The summed E-state index contributed by atoms with van der Waals surface area (Å²) in [7, 11) is 0. The van der Waals surface area contributed by atoms with E-state index in [1.54, 1.807) is 12.1 Å². The van der Waals surface area contributed by atoms with Crippen LogP contribution in [0.3, 0.4) is 0 Å². The van der Waals surface area contributed by atoms with Crippen LogP contribution in [0, 0.1) is 5.82 Å². The van der Waals surface area contributed by atoms with E-state index in [0.717, 1.165) is 4.90 Å². The molecule has 0 aromatic heterocycles. The number of carbonyl (C=O) groups is 1. The fourth-order valence-electron chi connectivity index (χ4n) is 1.66. The van der Waals surface area contributed by atoms with E-state index in [1.807, 2.05) is 24.3 Å². The predicted molar refractivity (Wildman–Crippen MR) is 81.2 cm³/mol. The third-order valence-corrected chi connectivity index (χ3v) is 3.71. The third-order valence-electron chi connectivity index (χ3n) is 2.61. The smallest absolute Gasteiger partial charge is 0.225 e. The average molecular weight is 290 g/mol. The topological polar surface area (TPSA) is 55.1 Å². The molecule has 3 nitrogen and oxygen atoms in total. The Bertz CT molecular complexity index is 604. The van der Waals surface area contributed by atoms with Gasteiger partial charge in [0, 0.05) is 28.4 Å². The second-order valence-electron chi connectivity index (χ2n) is 4.19. The molecule has 0 heterocycles.